The fourth-order valence-corrected chi connectivity index (χ4v) is 5.67. The first-order chi connectivity index (χ1) is 18.8. The molecule has 2 amide bonds. The summed E-state index contributed by atoms with van der Waals surface area (Å²) >= 11 is 0. The van der Waals surface area contributed by atoms with Crippen LogP contribution < -0.4 is 19.1 Å². The van der Waals surface area contributed by atoms with Crippen molar-refractivity contribution in [3.8, 4) is 11.5 Å². The maximum Gasteiger partial charge on any atom is 0.264 e. The zero-order chi connectivity index (χ0) is 28.4. The summed E-state index contributed by atoms with van der Waals surface area (Å²) < 4.78 is 39.9. The first-order valence-corrected chi connectivity index (χ1v) is 14.1. The largest absolute Gasteiger partial charge is 0.497 e. The quantitative estimate of drug-likeness (QED) is 0.345. The molecular formula is C29H35N3O6S. The number of carbonyl (C=O) groups excluding carboxylic acids is 2. The maximum atomic E-state index is 14.0. The number of rotatable bonds is 13. The molecule has 3 aromatic rings. The summed E-state index contributed by atoms with van der Waals surface area (Å²) in [5.41, 5.74) is 0.961. The number of benzene rings is 3. The Bertz CT molecular complexity index is 1360. The Hall–Kier alpha value is -4.05. The molecule has 1 atom stereocenters. The van der Waals surface area contributed by atoms with Gasteiger partial charge in [0.05, 0.1) is 24.3 Å². The molecule has 39 heavy (non-hydrogen) atoms. The minimum Gasteiger partial charge on any atom is -0.497 e. The van der Waals surface area contributed by atoms with Crippen LogP contribution in [0.2, 0.25) is 0 Å². The van der Waals surface area contributed by atoms with Crippen LogP contribution in [-0.2, 0) is 26.2 Å². The van der Waals surface area contributed by atoms with Crippen LogP contribution in [0, 0.1) is 0 Å². The monoisotopic (exact) mass is 553 g/mol. The molecule has 3 rings (SSSR count). The first-order valence-electron chi connectivity index (χ1n) is 12.7. The molecule has 1 N–H and O–H groups in total. The average molecular weight is 554 g/mol. The maximum absolute atomic E-state index is 14.0. The summed E-state index contributed by atoms with van der Waals surface area (Å²) in [7, 11) is -1.13. The van der Waals surface area contributed by atoms with E-state index in [1.54, 1.807) is 81.6 Å². The standard InChI is InChI=1S/C29H35N3O6S/c1-5-25(29(34)30-3)31(20-22-13-12-14-23(19-22)37-4)28(33)21-32(26-17-10-11-18-27(26)38-6-2)39(35,36)24-15-8-7-9-16-24/h7-19,25H,5-6,20-21H2,1-4H3,(H,30,34)/t25-/m0/s1. The Balaban J connectivity index is 2.10. The summed E-state index contributed by atoms with van der Waals surface area (Å²) in [6.45, 7) is 3.44. The van der Waals surface area contributed by atoms with Crippen molar-refractivity contribution in [2.24, 2.45) is 0 Å². The summed E-state index contributed by atoms with van der Waals surface area (Å²) in [6.07, 6.45) is 0.330. The van der Waals surface area contributed by atoms with Gasteiger partial charge < -0.3 is 19.7 Å². The smallest absolute Gasteiger partial charge is 0.264 e. The number of methoxy groups -OCH3 is 1. The van der Waals surface area contributed by atoms with Crippen LogP contribution in [0.25, 0.3) is 0 Å². The van der Waals surface area contributed by atoms with Gasteiger partial charge >= 0.3 is 0 Å². The Morgan fingerprint density at radius 1 is 0.949 bits per heavy atom. The summed E-state index contributed by atoms with van der Waals surface area (Å²) in [4.78, 5) is 28.3. The molecule has 208 valence electrons. The second-order valence-electron chi connectivity index (χ2n) is 8.64. The molecule has 0 aliphatic rings. The van der Waals surface area contributed by atoms with Crippen LogP contribution >= 0.6 is 0 Å². The third-order valence-corrected chi connectivity index (χ3v) is 7.94. The molecule has 3 aromatic carbocycles. The number of nitrogens with one attached hydrogen (secondary N) is 1. The Kier molecular flexibility index (Phi) is 10.3. The lowest BCUT2D eigenvalue weighted by atomic mass is 10.1. The summed E-state index contributed by atoms with van der Waals surface area (Å²) in [6, 6.07) is 20.9. The van der Waals surface area contributed by atoms with Crippen molar-refractivity contribution >= 4 is 27.5 Å². The molecule has 0 spiro atoms. The predicted molar refractivity (Wildman–Crippen MR) is 150 cm³/mol. The lowest BCUT2D eigenvalue weighted by Gasteiger charge is -2.33. The van der Waals surface area contributed by atoms with Gasteiger partial charge in [-0.3, -0.25) is 13.9 Å². The lowest BCUT2D eigenvalue weighted by Crippen LogP contribution is -2.51. The first kappa shape index (κ1) is 29.5. The number of nitrogens with zero attached hydrogens (tertiary/aromatic N) is 2. The van der Waals surface area contributed by atoms with E-state index < -0.39 is 28.5 Å². The molecule has 9 nitrogen and oxygen atoms in total. The fraction of sp³-hybridized carbons (Fsp3) is 0.310. The molecule has 0 aromatic heterocycles. The van der Waals surface area contributed by atoms with Gasteiger partial charge in [-0.05, 0) is 55.3 Å². The molecule has 0 saturated heterocycles. The molecule has 0 heterocycles. The molecule has 0 aliphatic carbocycles. The number of ether oxygens (including phenoxy) is 2. The van der Waals surface area contributed by atoms with Crippen molar-refractivity contribution in [1.82, 2.24) is 10.2 Å². The normalized spacial score (nSPS) is 11.8. The van der Waals surface area contributed by atoms with Crippen molar-refractivity contribution in [1.29, 1.82) is 0 Å². The molecule has 0 saturated carbocycles. The van der Waals surface area contributed by atoms with Crippen molar-refractivity contribution in [2.45, 2.75) is 37.8 Å². The van der Waals surface area contributed by atoms with Crippen LogP contribution in [0.5, 0.6) is 11.5 Å². The highest BCUT2D eigenvalue weighted by Gasteiger charge is 2.34. The Labute approximate surface area is 230 Å². The number of carbonyl (C=O) groups is 2. The fourth-order valence-electron chi connectivity index (χ4n) is 4.23. The van der Waals surface area contributed by atoms with Gasteiger partial charge in [-0.25, -0.2) is 8.42 Å². The number of amides is 2. The minimum absolute atomic E-state index is 0.0294. The SMILES string of the molecule is CCOc1ccccc1N(CC(=O)N(Cc1cccc(OC)c1)[C@@H](CC)C(=O)NC)S(=O)(=O)c1ccccc1. The van der Waals surface area contributed by atoms with Gasteiger partial charge in [-0.15, -0.1) is 0 Å². The van der Waals surface area contributed by atoms with Gasteiger partial charge in [0, 0.05) is 13.6 Å². The third-order valence-electron chi connectivity index (χ3n) is 6.16. The highest BCUT2D eigenvalue weighted by Crippen LogP contribution is 2.33. The molecule has 0 fully saturated rings. The molecule has 10 heteroatoms. The summed E-state index contributed by atoms with van der Waals surface area (Å²) in [5.74, 6) is 0.0387. The van der Waals surface area contributed by atoms with Gasteiger partial charge in [0.15, 0.2) is 0 Å². The van der Waals surface area contributed by atoms with E-state index in [-0.39, 0.29) is 23.0 Å². The van der Waals surface area contributed by atoms with Gasteiger partial charge in [-0.2, -0.15) is 0 Å². The molecular weight excluding hydrogens is 518 g/mol. The van der Waals surface area contributed by atoms with Gasteiger partial charge in [0.1, 0.15) is 24.1 Å². The van der Waals surface area contributed by atoms with Crippen molar-refractivity contribution < 1.29 is 27.5 Å². The van der Waals surface area contributed by atoms with Gasteiger partial charge in [0.2, 0.25) is 11.8 Å². The highest BCUT2D eigenvalue weighted by molar-refractivity contribution is 7.92. The highest BCUT2D eigenvalue weighted by atomic mass is 32.2. The molecule has 0 aliphatic heterocycles. The third kappa shape index (κ3) is 7.08. The van der Waals surface area contributed by atoms with E-state index in [4.69, 9.17) is 9.47 Å². The predicted octanol–water partition coefficient (Wildman–Crippen LogP) is 3.84. The van der Waals surface area contributed by atoms with Crippen molar-refractivity contribution in [3.63, 3.8) is 0 Å². The van der Waals surface area contributed by atoms with Gasteiger partial charge in [-0.1, -0.05) is 49.4 Å². The van der Waals surface area contributed by atoms with E-state index >= 15 is 0 Å². The Morgan fingerprint density at radius 3 is 2.28 bits per heavy atom. The molecule has 0 bridgehead atoms. The number of likely N-dealkylation sites (N-methyl/N-ethyl adjacent to an activating group) is 1. The number of anilines is 1. The van der Waals surface area contributed by atoms with E-state index in [2.05, 4.69) is 5.32 Å². The zero-order valence-electron chi connectivity index (χ0n) is 22.7. The minimum atomic E-state index is -4.18. The number of hydrogen-bond acceptors (Lipinski definition) is 6. The van der Waals surface area contributed by atoms with E-state index in [0.717, 1.165) is 9.87 Å². The second-order valence-corrected chi connectivity index (χ2v) is 10.5. The molecule has 0 unspecified atom stereocenters. The van der Waals surface area contributed by atoms with Crippen LogP contribution in [-0.4, -0.2) is 58.5 Å². The van der Waals surface area contributed by atoms with E-state index in [1.165, 1.54) is 24.1 Å². The zero-order valence-corrected chi connectivity index (χ0v) is 23.5. The number of sulfonamides is 1. The lowest BCUT2D eigenvalue weighted by molar-refractivity contribution is -0.140. The number of hydrogen-bond donors (Lipinski definition) is 1. The second kappa shape index (κ2) is 13.7. The average Bonchev–Trinajstić information content (AvgIpc) is 2.96. The number of para-hydroxylation sites is 2. The van der Waals surface area contributed by atoms with Crippen LogP contribution in [0.15, 0.2) is 83.8 Å². The summed E-state index contributed by atoms with van der Waals surface area (Å²) in [5, 5.41) is 2.62. The van der Waals surface area contributed by atoms with E-state index in [9.17, 15) is 18.0 Å². The van der Waals surface area contributed by atoms with Crippen molar-refractivity contribution in [3.05, 3.63) is 84.4 Å². The van der Waals surface area contributed by atoms with Crippen LogP contribution in [0.1, 0.15) is 25.8 Å². The topological polar surface area (TPSA) is 105 Å². The van der Waals surface area contributed by atoms with Gasteiger partial charge in [0.25, 0.3) is 10.0 Å². The van der Waals surface area contributed by atoms with E-state index in [1.807, 2.05) is 6.07 Å². The van der Waals surface area contributed by atoms with E-state index in [0.29, 0.717) is 24.5 Å². The van der Waals surface area contributed by atoms with Crippen molar-refractivity contribution in [2.75, 3.05) is 31.6 Å². The molecule has 0 radical (unpaired) electrons. The van der Waals surface area contributed by atoms with Crippen LogP contribution in [0.4, 0.5) is 5.69 Å². The van der Waals surface area contributed by atoms with Crippen LogP contribution in [0.3, 0.4) is 0 Å². The Morgan fingerprint density at radius 2 is 1.64 bits per heavy atom.